The lowest BCUT2D eigenvalue weighted by atomic mass is 10.00. The van der Waals surface area contributed by atoms with E-state index in [9.17, 15) is 9.18 Å². The van der Waals surface area contributed by atoms with Crippen LogP contribution in [0.25, 0.3) is 0 Å². The van der Waals surface area contributed by atoms with Crippen LogP contribution in [-0.2, 0) is 4.79 Å². The summed E-state index contributed by atoms with van der Waals surface area (Å²) in [7, 11) is 3.57. The van der Waals surface area contributed by atoms with Crippen LogP contribution in [0.2, 0.25) is 0 Å². The molecule has 0 aromatic heterocycles. The maximum Gasteiger partial charge on any atom is 0.307 e. The average Bonchev–Trinajstić information content (AvgIpc) is 2.77. The highest BCUT2D eigenvalue weighted by molar-refractivity contribution is 5.70. The molecule has 0 aliphatic carbocycles. The van der Waals surface area contributed by atoms with Gasteiger partial charge in [-0.25, -0.2) is 4.39 Å². The van der Waals surface area contributed by atoms with Gasteiger partial charge in [0.1, 0.15) is 5.82 Å². The van der Waals surface area contributed by atoms with E-state index in [1.807, 2.05) is 6.07 Å². The van der Waals surface area contributed by atoms with Gasteiger partial charge in [-0.3, -0.25) is 4.79 Å². The Kier molecular flexibility index (Phi) is 3.52. The van der Waals surface area contributed by atoms with Gasteiger partial charge in [-0.2, -0.15) is 0 Å². The van der Waals surface area contributed by atoms with Crippen molar-refractivity contribution in [1.82, 2.24) is 5.32 Å². The van der Waals surface area contributed by atoms with Crippen LogP contribution in [0, 0.1) is 11.7 Å². The third kappa shape index (κ3) is 2.46. The van der Waals surface area contributed by atoms with Crippen LogP contribution in [0.15, 0.2) is 18.2 Å². The fourth-order valence-corrected chi connectivity index (χ4v) is 2.28. The monoisotopic (exact) mass is 252 g/mol. The molecule has 2 N–H and O–H groups in total. The molecule has 2 unspecified atom stereocenters. The average molecular weight is 252 g/mol. The first-order valence-electron chi connectivity index (χ1n) is 5.92. The second kappa shape index (κ2) is 4.94. The maximum absolute atomic E-state index is 13.8. The van der Waals surface area contributed by atoms with E-state index in [1.54, 1.807) is 25.1 Å². The number of nitrogens with one attached hydrogen (secondary N) is 1. The van der Waals surface area contributed by atoms with E-state index in [4.69, 9.17) is 5.11 Å². The Bertz CT molecular complexity index is 462. The van der Waals surface area contributed by atoms with Crippen molar-refractivity contribution in [3.8, 4) is 0 Å². The summed E-state index contributed by atoms with van der Waals surface area (Å²) in [4.78, 5) is 12.6. The Labute approximate surface area is 105 Å². The molecule has 1 aromatic carbocycles. The Morgan fingerprint density at radius 3 is 2.72 bits per heavy atom. The summed E-state index contributed by atoms with van der Waals surface area (Å²) in [6.07, 6.45) is 0.510. The van der Waals surface area contributed by atoms with E-state index in [1.165, 1.54) is 6.07 Å². The van der Waals surface area contributed by atoms with Crippen molar-refractivity contribution in [2.45, 2.75) is 12.5 Å². The largest absolute Gasteiger partial charge is 0.481 e. The zero-order valence-electron chi connectivity index (χ0n) is 10.5. The molecule has 5 heteroatoms. The number of hydrogen-bond donors (Lipinski definition) is 2. The molecule has 0 saturated carbocycles. The highest BCUT2D eigenvalue weighted by atomic mass is 19.1. The van der Waals surface area contributed by atoms with Gasteiger partial charge in [0.05, 0.1) is 11.6 Å². The van der Waals surface area contributed by atoms with Crippen LogP contribution in [0.3, 0.4) is 0 Å². The summed E-state index contributed by atoms with van der Waals surface area (Å²) in [5, 5.41) is 12.0. The number of aliphatic carboxylic acids is 1. The number of halogens is 1. The quantitative estimate of drug-likeness (QED) is 0.858. The lowest BCUT2D eigenvalue weighted by molar-refractivity contribution is -0.141. The Morgan fingerprint density at radius 2 is 2.22 bits per heavy atom. The molecule has 98 valence electrons. The molecule has 1 aliphatic heterocycles. The summed E-state index contributed by atoms with van der Waals surface area (Å²) in [5.74, 6) is -1.46. The second-order valence-electron chi connectivity index (χ2n) is 4.84. The van der Waals surface area contributed by atoms with Gasteiger partial charge in [0.25, 0.3) is 0 Å². The molecule has 2 rings (SSSR count). The van der Waals surface area contributed by atoms with E-state index in [0.29, 0.717) is 18.7 Å². The zero-order chi connectivity index (χ0) is 13.3. The van der Waals surface area contributed by atoms with Crippen molar-refractivity contribution in [2.24, 2.45) is 5.92 Å². The molecule has 18 heavy (non-hydrogen) atoms. The fourth-order valence-electron chi connectivity index (χ4n) is 2.28. The molecule has 1 aromatic rings. The third-order valence-corrected chi connectivity index (χ3v) is 3.34. The van der Waals surface area contributed by atoms with Gasteiger partial charge in [-0.15, -0.1) is 0 Å². The molecule has 0 bridgehead atoms. The Balaban J connectivity index is 2.16. The number of carboxylic acid groups (broad SMARTS) is 1. The van der Waals surface area contributed by atoms with Gasteiger partial charge >= 0.3 is 5.97 Å². The standard InChI is InChI=1S/C13H17FN2O2/c1-16(2)12-4-3-8(5-10(12)14)11-6-9(7-15-11)13(17)18/h3-5,9,11,15H,6-7H2,1-2H3,(H,17,18). The van der Waals surface area contributed by atoms with Crippen LogP contribution in [0.4, 0.5) is 10.1 Å². The molecule has 0 amide bonds. The second-order valence-corrected chi connectivity index (χ2v) is 4.84. The molecule has 1 heterocycles. The van der Waals surface area contributed by atoms with E-state index < -0.39 is 5.97 Å². The van der Waals surface area contributed by atoms with Crippen molar-refractivity contribution in [1.29, 1.82) is 0 Å². The maximum atomic E-state index is 13.8. The summed E-state index contributed by atoms with van der Waals surface area (Å²) in [6.45, 7) is 0.442. The molecule has 2 atom stereocenters. The number of carbonyl (C=O) groups is 1. The van der Waals surface area contributed by atoms with Crippen LogP contribution < -0.4 is 10.2 Å². The molecular weight excluding hydrogens is 235 g/mol. The first-order chi connectivity index (χ1) is 8.49. The zero-order valence-corrected chi connectivity index (χ0v) is 10.5. The van der Waals surface area contributed by atoms with Crippen molar-refractivity contribution in [3.05, 3.63) is 29.6 Å². The fraction of sp³-hybridized carbons (Fsp3) is 0.462. The SMILES string of the molecule is CN(C)c1ccc(C2CC(C(=O)O)CN2)cc1F. The van der Waals surface area contributed by atoms with Crippen molar-refractivity contribution < 1.29 is 14.3 Å². The highest BCUT2D eigenvalue weighted by Gasteiger charge is 2.30. The third-order valence-electron chi connectivity index (χ3n) is 3.34. The van der Waals surface area contributed by atoms with E-state index in [0.717, 1.165) is 5.56 Å². The van der Waals surface area contributed by atoms with E-state index in [-0.39, 0.29) is 17.8 Å². The molecule has 1 fully saturated rings. The first-order valence-corrected chi connectivity index (χ1v) is 5.92. The number of anilines is 1. The van der Waals surface area contributed by atoms with E-state index >= 15 is 0 Å². The number of hydrogen-bond acceptors (Lipinski definition) is 3. The van der Waals surface area contributed by atoms with Gasteiger partial charge in [-0.05, 0) is 24.1 Å². The number of nitrogens with zero attached hydrogens (tertiary/aromatic N) is 1. The van der Waals surface area contributed by atoms with Gasteiger partial charge in [-0.1, -0.05) is 6.07 Å². The molecule has 1 saturated heterocycles. The summed E-state index contributed by atoms with van der Waals surface area (Å²) < 4.78 is 13.8. The summed E-state index contributed by atoms with van der Waals surface area (Å²) in [5.41, 5.74) is 1.34. The predicted octanol–water partition coefficient (Wildman–Crippen LogP) is 1.63. The predicted molar refractivity (Wildman–Crippen MR) is 67.2 cm³/mol. The smallest absolute Gasteiger partial charge is 0.307 e. The minimum absolute atomic E-state index is 0.0724. The van der Waals surface area contributed by atoms with Crippen molar-refractivity contribution >= 4 is 11.7 Å². The summed E-state index contributed by atoms with van der Waals surface area (Å²) >= 11 is 0. The number of rotatable bonds is 3. The lowest BCUT2D eigenvalue weighted by Gasteiger charge is -2.16. The first kappa shape index (κ1) is 12.8. The van der Waals surface area contributed by atoms with Gasteiger partial charge in [0.2, 0.25) is 0 Å². The topological polar surface area (TPSA) is 52.6 Å². The van der Waals surface area contributed by atoms with Gasteiger partial charge < -0.3 is 15.3 Å². The van der Waals surface area contributed by atoms with Gasteiger partial charge in [0.15, 0.2) is 0 Å². The summed E-state index contributed by atoms with van der Waals surface area (Å²) in [6, 6.07) is 4.98. The van der Waals surface area contributed by atoms with Crippen LogP contribution >= 0.6 is 0 Å². The van der Waals surface area contributed by atoms with Crippen molar-refractivity contribution in [2.75, 3.05) is 25.5 Å². The van der Waals surface area contributed by atoms with Crippen LogP contribution in [-0.4, -0.2) is 31.7 Å². The Morgan fingerprint density at radius 1 is 1.50 bits per heavy atom. The molecule has 1 aliphatic rings. The molecular formula is C13H17FN2O2. The van der Waals surface area contributed by atoms with E-state index in [2.05, 4.69) is 5.32 Å². The number of carboxylic acids is 1. The highest BCUT2D eigenvalue weighted by Crippen LogP contribution is 2.29. The van der Waals surface area contributed by atoms with Crippen LogP contribution in [0.5, 0.6) is 0 Å². The molecule has 0 radical (unpaired) electrons. The molecule has 0 spiro atoms. The molecule has 4 nitrogen and oxygen atoms in total. The van der Waals surface area contributed by atoms with Crippen LogP contribution in [0.1, 0.15) is 18.0 Å². The normalized spacial score (nSPS) is 23.1. The van der Waals surface area contributed by atoms with Gasteiger partial charge in [0, 0.05) is 26.7 Å². The minimum Gasteiger partial charge on any atom is -0.481 e. The van der Waals surface area contributed by atoms with Crippen molar-refractivity contribution in [3.63, 3.8) is 0 Å². The Hall–Kier alpha value is -1.62. The minimum atomic E-state index is -0.796. The number of benzene rings is 1. The lowest BCUT2D eigenvalue weighted by Crippen LogP contribution is -2.17.